The molecule has 0 unspecified atom stereocenters. The average Bonchev–Trinajstić information content (AvgIpc) is 2.92. The summed E-state index contributed by atoms with van der Waals surface area (Å²) in [5.41, 5.74) is 8.81. The molecule has 0 aliphatic heterocycles. The van der Waals surface area contributed by atoms with E-state index in [1.165, 1.54) is 47.9 Å². The van der Waals surface area contributed by atoms with Crippen LogP contribution in [0.4, 0.5) is 5.69 Å². The van der Waals surface area contributed by atoms with Gasteiger partial charge < -0.3 is 0 Å². The molecule has 0 aromatic heterocycles. The summed E-state index contributed by atoms with van der Waals surface area (Å²) < 4.78 is 0. The van der Waals surface area contributed by atoms with E-state index in [1.807, 2.05) is 25.1 Å². The summed E-state index contributed by atoms with van der Waals surface area (Å²) in [7, 11) is 0. The lowest BCUT2D eigenvalue weighted by atomic mass is 9.76. The zero-order chi connectivity index (χ0) is 26.5. The van der Waals surface area contributed by atoms with Crippen molar-refractivity contribution in [1.29, 1.82) is 0 Å². The van der Waals surface area contributed by atoms with Crippen molar-refractivity contribution in [1.82, 2.24) is 0 Å². The van der Waals surface area contributed by atoms with E-state index in [9.17, 15) is 0 Å². The molecular weight excluding hydrogens is 434 g/mol. The molecule has 0 heterocycles. The third kappa shape index (κ3) is 8.24. The van der Waals surface area contributed by atoms with Crippen LogP contribution in [0, 0.1) is 25.2 Å². The Balaban J connectivity index is 0.00000222. The standard InChI is InChI=1S/C33H37N.C2H4/c1-7-24(3)23-28-14-17-31(18-15-28)32-21-19-30(20-22-32)29(8-2)16-13-25(4)27(6)34-33-12-10-9-11-26(33)5;1-2/h1,8-13,16,19-22,28,31H,3-4,14-15,17-18,23H2,2,5-6H3;1-2H2/b16-13-,29-8+,34-27?;. The minimum atomic E-state index is 0.647. The Morgan fingerprint density at radius 3 is 2.22 bits per heavy atom. The van der Waals surface area contributed by atoms with Gasteiger partial charge in [-0.05, 0) is 104 Å². The number of hydrogen-bond donors (Lipinski definition) is 0. The number of nitrogens with zero attached hydrogens (tertiary/aromatic N) is 1. The van der Waals surface area contributed by atoms with E-state index in [1.54, 1.807) is 0 Å². The molecule has 2 aromatic rings. The summed E-state index contributed by atoms with van der Waals surface area (Å²) in [6.45, 7) is 20.4. The number of para-hydroxylation sites is 1. The first-order chi connectivity index (χ1) is 17.4. The molecule has 186 valence electrons. The lowest BCUT2D eigenvalue weighted by Gasteiger charge is -2.29. The molecule has 0 amide bonds. The van der Waals surface area contributed by atoms with Crippen LogP contribution in [0.5, 0.6) is 0 Å². The van der Waals surface area contributed by atoms with Gasteiger partial charge >= 0.3 is 0 Å². The summed E-state index contributed by atoms with van der Waals surface area (Å²) in [5.74, 6) is 4.04. The van der Waals surface area contributed by atoms with Crippen molar-refractivity contribution in [3.63, 3.8) is 0 Å². The normalized spacial score (nSPS) is 18.2. The Morgan fingerprint density at radius 1 is 1.00 bits per heavy atom. The third-order valence-corrected chi connectivity index (χ3v) is 6.94. The van der Waals surface area contributed by atoms with Crippen LogP contribution in [0.25, 0.3) is 5.57 Å². The second-order valence-corrected chi connectivity index (χ2v) is 9.38. The van der Waals surface area contributed by atoms with E-state index < -0.39 is 0 Å². The average molecular weight is 476 g/mol. The van der Waals surface area contributed by atoms with Gasteiger partial charge in [-0.15, -0.1) is 19.6 Å². The molecular formula is C35H41N. The molecule has 3 rings (SSSR count). The highest BCUT2D eigenvalue weighted by Gasteiger charge is 2.22. The first-order valence-electron chi connectivity index (χ1n) is 12.8. The third-order valence-electron chi connectivity index (χ3n) is 6.94. The lowest BCUT2D eigenvalue weighted by Crippen LogP contribution is -2.13. The van der Waals surface area contributed by atoms with Gasteiger partial charge in [-0.25, -0.2) is 0 Å². The predicted octanol–water partition coefficient (Wildman–Crippen LogP) is 9.96. The van der Waals surface area contributed by atoms with Gasteiger partial charge in [0, 0.05) is 5.71 Å². The van der Waals surface area contributed by atoms with Gasteiger partial charge in [0.05, 0.1) is 5.69 Å². The predicted molar refractivity (Wildman–Crippen MR) is 161 cm³/mol. The zero-order valence-electron chi connectivity index (χ0n) is 22.4. The minimum absolute atomic E-state index is 0.647. The molecule has 1 saturated carbocycles. The van der Waals surface area contributed by atoms with Crippen LogP contribution in [0.3, 0.4) is 0 Å². The summed E-state index contributed by atoms with van der Waals surface area (Å²) in [4.78, 5) is 4.76. The molecule has 1 aliphatic carbocycles. The maximum Gasteiger partial charge on any atom is 0.0662 e. The first kappa shape index (κ1) is 28.6. The first-order valence-corrected chi connectivity index (χ1v) is 12.8. The number of allylic oxidation sites excluding steroid dienone is 6. The van der Waals surface area contributed by atoms with Gasteiger partial charge in [-0.3, -0.25) is 4.99 Å². The molecule has 2 aromatic carbocycles. The summed E-state index contributed by atoms with van der Waals surface area (Å²) in [6, 6.07) is 17.3. The molecule has 1 nitrogen and oxygen atoms in total. The van der Waals surface area contributed by atoms with Crippen LogP contribution in [-0.4, -0.2) is 5.71 Å². The maximum atomic E-state index is 5.48. The maximum absolute atomic E-state index is 5.48. The van der Waals surface area contributed by atoms with Gasteiger partial charge in [-0.1, -0.05) is 79.8 Å². The number of hydrogen-bond acceptors (Lipinski definition) is 1. The van der Waals surface area contributed by atoms with Gasteiger partial charge in [-0.2, -0.15) is 0 Å². The fraction of sp³-hybridized carbons (Fsp3) is 0.286. The fourth-order valence-electron chi connectivity index (χ4n) is 4.67. The molecule has 1 heteroatoms. The minimum Gasteiger partial charge on any atom is -0.253 e. The Morgan fingerprint density at radius 2 is 1.64 bits per heavy atom. The molecule has 0 radical (unpaired) electrons. The van der Waals surface area contributed by atoms with Crippen molar-refractivity contribution in [3.8, 4) is 12.3 Å². The quantitative estimate of drug-likeness (QED) is 0.156. The molecule has 0 saturated heterocycles. The Hall–Kier alpha value is -3.63. The number of aliphatic imine (C=N–C) groups is 1. The number of terminal acetylenes is 1. The van der Waals surface area contributed by atoms with E-state index in [0.29, 0.717) is 11.8 Å². The SMILES string of the molecule is C#CC(=C)CC1CCC(c2ccc(C(/C=C\C(=C)C(C)=Nc3ccccc3C)=C/C)cc2)CC1.C=C. The monoisotopic (exact) mass is 475 g/mol. The van der Waals surface area contributed by atoms with E-state index in [0.717, 1.165) is 29.0 Å². The van der Waals surface area contributed by atoms with Gasteiger partial charge in [0.2, 0.25) is 0 Å². The molecule has 0 spiro atoms. The summed E-state index contributed by atoms with van der Waals surface area (Å²) >= 11 is 0. The Kier molecular flexibility index (Phi) is 11.7. The van der Waals surface area contributed by atoms with E-state index in [2.05, 4.69) is 94.6 Å². The number of benzene rings is 2. The van der Waals surface area contributed by atoms with Crippen LogP contribution in [0.15, 0.2) is 109 Å². The van der Waals surface area contributed by atoms with Crippen molar-refractivity contribution in [2.75, 3.05) is 0 Å². The van der Waals surface area contributed by atoms with Crippen LogP contribution in [0.2, 0.25) is 0 Å². The summed E-state index contributed by atoms with van der Waals surface area (Å²) in [5, 5.41) is 0. The summed E-state index contributed by atoms with van der Waals surface area (Å²) in [6.07, 6.45) is 17.8. The van der Waals surface area contributed by atoms with Crippen molar-refractivity contribution < 1.29 is 0 Å². The highest BCUT2D eigenvalue weighted by atomic mass is 14.7. The smallest absolute Gasteiger partial charge is 0.0662 e. The molecule has 0 atom stereocenters. The highest BCUT2D eigenvalue weighted by molar-refractivity contribution is 6.02. The Bertz CT molecular complexity index is 1160. The molecule has 1 fully saturated rings. The van der Waals surface area contributed by atoms with Crippen molar-refractivity contribution >= 4 is 17.0 Å². The number of rotatable bonds is 8. The van der Waals surface area contributed by atoms with Crippen molar-refractivity contribution in [2.24, 2.45) is 10.9 Å². The van der Waals surface area contributed by atoms with Crippen LogP contribution in [-0.2, 0) is 0 Å². The van der Waals surface area contributed by atoms with Gasteiger partial charge in [0.25, 0.3) is 0 Å². The zero-order valence-corrected chi connectivity index (χ0v) is 22.4. The van der Waals surface area contributed by atoms with Crippen molar-refractivity contribution in [3.05, 3.63) is 121 Å². The van der Waals surface area contributed by atoms with Crippen molar-refractivity contribution in [2.45, 2.75) is 58.8 Å². The molecule has 1 aliphatic rings. The van der Waals surface area contributed by atoms with Gasteiger partial charge in [0.15, 0.2) is 0 Å². The highest BCUT2D eigenvalue weighted by Crippen LogP contribution is 2.38. The van der Waals surface area contributed by atoms with E-state index in [-0.39, 0.29) is 0 Å². The molecule has 36 heavy (non-hydrogen) atoms. The lowest BCUT2D eigenvalue weighted by molar-refractivity contribution is 0.326. The largest absolute Gasteiger partial charge is 0.253 e. The molecule has 0 N–H and O–H groups in total. The van der Waals surface area contributed by atoms with Gasteiger partial charge in [0.1, 0.15) is 0 Å². The topological polar surface area (TPSA) is 12.4 Å². The van der Waals surface area contributed by atoms with E-state index >= 15 is 0 Å². The second-order valence-electron chi connectivity index (χ2n) is 9.38. The molecule has 0 bridgehead atoms. The Labute approximate surface area is 219 Å². The van der Waals surface area contributed by atoms with E-state index in [4.69, 9.17) is 11.4 Å². The number of aryl methyl sites for hydroxylation is 1. The van der Waals surface area contributed by atoms with Crippen LogP contribution < -0.4 is 0 Å². The van der Waals surface area contributed by atoms with Crippen LogP contribution >= 0.6 is 0 Å². The van der Waals surface area contributed by atoms with Crippen LogP contribution in [0.1, 0.15) is 68.6 Å². The second kappa shape index (κ2) is 14.7. The fourth-order valence-corrected chi connectivity index (χ4v) is 4.67.